The second kappa shape index (κ2) is 7.91. The number of amides is 1. The molecule has 28 heavy (non-hydrogen) atoms. The minimum atomic E-state index is -0.667. The topological polar surface area (TPSA) is 72.3 Å². The zero-order valence-corrected chi connectivity index (χ0v) is 17.7. The molecular weight excluding hydrogens is 354 g/mol. The van der Waals surface area contributed by atoms with Crippen molar-refractivity contribution in [2.75, 3.05) is 26.7 Å². The first-order chi connectivity index (χ1) is 13.2. The monoisotopic (exact) mass is 385 g/mol. The first-order valence-corrected chi connectivity index (χ1v) is 9.71. The molecule has 1 fully saturated rings. The van der Waals surface area contributed by atoms with Crippen molar-refractivity contribution in [3.63, 3.8) is 0 Å². The molecule has 3 heterocycles. The van der Waals surface area contributed by atoms with Crippen LogP contribution >= 0.6 is 0 Å². The van der Waals surface area contributed by atoms with Crippen molar-refractivity contribution in [1.29, 1.82) is 0 Å². The van der Waals surface area contributed by atoms with Gasteiger partial charge in [-0.05, 0) is 46.4 Å². The number of hydrogen-bond donors (Lipinski definition) is 1. The molecule has 2 aromatic rings. The lowest BCUT2D eigenvalue weighted by molar-refractivity contribution is -0.131. The van der Waals surface area contributed by atoms with Gasteiger partial charge in [-0.1, -0.05) is 6.07 Å². The molecular formula is C21H31N5O2. The fraction of sp³-hybridized carbons (Fsp3) is 0.571. The number of carbonyl (C=O) groups excluding carboxylic acids is 1. The van der Waals surface area contributed by atoms with Gasteiger partial charge in [0.15, 0.2) is 0 Å². The smallest absolute Gasteiger partial charge is 0.229 e. The number of hydrogen-bond acceptors (Lipinski definition) is 5. The molecule has 0 unspecified atom stereocenters. The minimum Gasteiger partial charge on any atom is -0.476 e. The van der Waals surface area contributed by atoms with Crippen molar-refractivity contribution < 1.29 is 9.53 Å². The van der Waals surface area contributed by atoms with Crippen molar-refractivity contribution in [1.82, 2.24) is 25.0 Å². The first kappa shape index (κ1) is 20.3. The van der Waals surface area contributed by atoms with Crippen LogP contribution in [0.3, 0.4) is 0 Å². The van der Waals surface area contributed by atoms with Gasteiger partial charge in [0.2, 0.25) is 11.8 Å². The van der Waals surface area contributed by atoms with E-state index >= 15 is 0 Å². The maximum absolute atomic E-state index is 13.0. The van der Waals surface area contributed by atoms with Crippen molar-refractivity contribution in [3.8, 4) is 5.88 Å². The molecule has 0 aromatic carbocycles. The summed E-state index contributed by atoms with van der Waals surface area (Å²) in [7, 11) is 4.04. The summed E-state index contributed by atoms with van der Waals surface area (Å²) in [5, 5.41) is 7.65. The van der Waals surface area contributed by atoms with Gasteiger partial charge < -0.3 is 15.0 Å². The first-order valence-electron chi connectivity index (χ1n) is 9.71. The van der Waals surface area contributed by atoms with Gasteiger partial charge in [0.1, 0.15) is 6.61 Å². The lowest BCUT2D eigenvalue weighted by Gasteiger charge is -2.28. The molecule has 1 N–H and O–H groups in total. The van der Waals surface area contributed by atoms with Crippen molar-refractivity contribution in [3.05, 3.63) is 41.3 Å². The molecule has 0 aliphatic carbocycles. The Bertz CT molecular complexity index is 845. The number of carbonyl (C=O) groups is 1. The third-order valence-corrected chi connectivity index (χ3v) is 5.64. The van der Waals surface area contributed by atoms with Crippen molar-refractivity contribution >= 4 is 5.91 Å². The molecule has 7 nitrogen and oxygen atoms in total. The van der Waals surface area contributed by atoms with E-state index in [1.807, 2.05) is 50.8 Å². The van der Waals surface area contributed by atoms with Crippen LogP contribution in [0.25, 0.3) is 0 Å². The van der Waals surface area contributed by atoms with Gasteiger partial charge in [-0.3, -0.25) is 9.48 Å². The predicted octanol–water partition coefficient (Wildman–Crippen LogP) is 2.05. The molecule has 152 valence electrons. The van der Waals surface area contributed by atoms with Crippen LogP contribution in [0.1, 0.15) is 36.6 Å². The number of nitrogens with zero attached hydrogens (tertiary/aromatic N) is 4. The summed E-state index contributed by atoms with van der Waals surface area (Å²) >= 11 is 0. The molecule has 1 amide bonds. The van der Waals surface area contributed by atoms with Crippen LogP contribution in [-0.4, -0.2) is 58.4 Å². The number of ether oxygens (including phenoxy) is 1. The highest BCUT2D eigenvalue weighted by molar-refractivity contribution is 5.82. The second-order valence-electron chi connectivity index (χ2n) is 8.51. The Hall–Kier alpha value is -2.41. The molecule has 2 atom stereocenters. The Morgan fingerprint density at radius 2 is 2.07 bits per heavy atom. The van der Waals surface area contributed by atoms with E-state index in [9.17, 15) is 4.79 Å². The van der Waals surface area contributed by atoms with E-state index in [0.717, 1.165) is 24.3 Å². The molecule has 1 saturated heterocycles. The van der Waals surface area contributed by atoms with Crippen LogP contribution in [0.2, 0.25) is 0 Å². The van der Waals surface area contributed by atoms with Crippen molar-refractivity contribution in [2.45, 2.75) is 39.7 Å². The van der Waals surface area contributed by atoms with Gasteiger partial charge in [-0.15, -0.1) is 0 Å². The Kier molecular flexibility index (Phi) is 5.74. The van der Waals surface area contributed by atoms with E-state index < -0.39 is 5.41 Å². The lowest BCUT2D eigenvalue weighted by atomic mass is 9.90. The molecule has 0 spiro atoms. The average molecular weight is 386 g/mol. The number of likely N-dealkylation sites (N-methyl/N-ethyl adjacent to an activating group) is 1. The fourth-order valence-corrected chi connectivity index (χ4v) is 3.64. The summed E-state index contributed by atoms with van der Waals surface area (Å²) in [6, 6.07) is 3.87. The lowest BCUT2D eigenvalue weighted by Crippen LogP contribution is -2.48. The van der Waals surface area contributed by atoms with Gasteiger partial charge in [-0.2, -0.15) is 5.10 Å². The molecule has 7 heteroatoms. The zero-order chi connectivity index (χ0) is 20.5. The zero-order valence-electron chi connectivity index (χ0n) is 17.7. The highest BCUT2D eigenvalue weighted by atomic mass is 16.5. The quantitative estimate of drug-likeness (QED) is 0.824. The minimum absolute atomic E-state index is 0.00655. The SMILES string of the molecule is Cc1cccnc1OCC(C)(C)C(=O)N[C@@H]1CN(C)C[C@H]1c1cnn(C)c1C. The van der Waals surface area contributed by atoms with Gasteiger partial charge >= 0.3 is 0 Å². The standard InChI is InChI=1S/C21H31N5O2/c1-14-8-7-9-22-19(14)28-13-21(3,4)20(27)24-18-12-25(5)11-17(18)16-10-23-26(6)15(16)2/h7-10,17-18H,11-13H2,1-6H3,(H,24,27)/t17-,18+/m0/s1. The van der Waals surface area contributed by atoms with E-state index in [1.165, 1.54) is 5.56 Å². The molecule has 0 radical (unpaired) electrons. The van der Waals surface area contributed by atoms with E-state index in [2.05, 4.69) is 34.3 Å². The number of nitrogens with one attached hydrogen (secondary N) is 1. The molecule has 3 rings (SSSR count). The average Bonchev–Trinajstić information content (AvgIpc) is 3.16. The maximum Gasteiger partial charge on any atom is 0.229 e. The molecule has 0 bridgehead atoms. The summed E-state index contributed by atoms with van der Waals surface area (Å²) < 4.78 is 7.73. The Morgan fingerprint density at radius 3 is 2.71 bits per heavy atom. The van der Waals surface area contributed by atoms with Crippen LogP contribution < -0.4 is 10.1 Å². The molecule has 2 aromatic heterocycles. The number of rotatable bonds is 6. The Balaban J connectivity index is 1.67. The van der Waals surface area contributed by atoms with E-state index in [1.54, 1.807) is 6.20 Å². The largest absolute Gasteiger partial charge is 0.476 e. The van der Waals surface area contributed by atoms with Crippen LogP contribution in [0.5, 0.6) is 5.88 Å². The van der Waals surface area contributed by atoms with E-state index in [4.69, 9.17) is 4.74 Å². The third-order valence-electron chi connectivity index (χ3n) is 5.64. The van der Waals surface area contributed by atoms with Crippen molar-refractivity contribution in [2.24, 2.45) is 12.5 Å². The summed E-state index contributed by atoms with van der Waals surface area (Å²) in [5.74, 6) is 0.804. The summed E-state index contributed by atoms with van der Waals surface area (Å²) in [6.45, 7) is 9.84. The Labute approximate surface area is 167 Å². The van der Waals surface area contributed by atoms with Gasteiger partial charge in [0, 0.05) is 49.6 Å². The normalized spacial score (nSPS) is 20.4. The highest BCUT2D eigenvalue weighted by Crippen LogP contribution is 2.30. The maximum atomic E-state index is 13.0. The summed E-state index contributed by atoms with van der Waals surface area (Å²) in [5.41, 5.74) is 2.64. The summed E-state index contributed by atoms with van der Waals surface area (Å²) in [4.78, 5) is 19.6. The van der Waals surface area contributed by atoms with Crippen LogP contribution in [0.4, 0.5) is 0 Å². The predicted molar refractivity (Wildman–Crippen MR) is 108 cm³/mol. The van der Waals surface area contributed by atoms with E-state index in [0.29, 0.717) is 5.88 Å². The number of aromatic nitrogens is 3. The Morgan fingerprint density at radius 1 is 1.32 bits per heavy atom. The fourth-order valence-electron chi connectivity index (χ4n) is 3.64. The highest BCUT2D eigenvalue weighted by Gasteiger charge is 2.38. The molecule has 1 aliphatic heterocycles. The van der Waals surface area contributed by atoms with Gasteiger partial charge in [-0.25, -0.2) is 4.98 Å². The van der Waals surface area contributed by atoms with Gasteiger partial charge in [0.05, 0.1) is 11.6 Å². The van der Waals surface area contributed by atoms with Crippen LogP contribution in [0.15, 0.2) is 24.5 Å². The number of likely N-dealkylation sites (tertiary alicyclic amines) is 1. The second-order valence-corrected chi connectivity index (χ2v) is 8.51. The van der Waals surface area contributed by atoms with Gasteiger partial charge in [0.25, 0.3) is 0 Å². The number of pyridine rings is 1. The molecule has 0 saturated carbocycles. The van der Waals surface area contributed by atoms with Crippen LogP contribution in [0, 0.1) is 19.3 Å². The van der Waals surface area contributed by atoms with E-state index in [-0.39, 0.29) is 24.5 Å². The molecule has 1 aliphatic rings. The van der Waals surface area contributed by atoms with Crippen LogP contribution in [-0.2, 0) is 11.8 Å². The number of aryl methyl sites for hydroxylation is 2. The summed E-state index contributed by atoms with van der Waals surface area (Å²) in [6.07, 6.45) is 3.63. The third kappa shape index (κ3) is 4.19.